The first kappa shape index (κ1) is 28.7. The van der Waals surface area contributed by atoms with Crippen LogP contribution in [-0.4, -0.2) is 31.2 Å². The summed E-state index contributed by atoms with van der Waals surface area (Å²) in [4.78, 5) is 24.0. The van der Waals surface area contributed by atoms with Crippen LogP contribution < -0.4 is 5.32 Å². The maximum atomic E-state index is 12.1. The van der Waals surface area contributed by atoms with E-state index in [-0.39, 0.29) is 12.4 Å². The highest BCUT2D eigenvalue weighted by molar-refractivity contribution is 7.99. The highest BCUT2D eigenvalue weighted by Gasteiger charge is 2.18. The Kier molecular flexibility index (Phi) is 9.59. The maximum absolute atomic E-state index is 12.1. The van der Waals surface area contributed by atoms with Crippen LogP contribution in [-0.2, 0) is 20.0 Å². The molecule has 41 heavy (non-hydrogen) atoms. The number of hydrogen-bond donors (Lipinski definition) is 1. The average molecular weight is 584 g/mol. The molecule has 1 amide bonds. The summed E-state index contributed by atoms with van der Waals surface area (Å²) in [6.45, 7) is 2.40. The molecular formula is C34H33NO4S2. The fourth-order valence-electron chi connectivity index (χ4n) is 4.68. The Labute approximate surface area is 248 Å². The van der Waals surface area contributed by atoms with E-state index in [1.54, 1.807) is 0 Å². The third-order valence-electron chi connectivity index (χ3n) is 6.93. The van der Waals surface area contributed by atoms with Gasteiger partial charge in [-0.2, -0.15) is 0 Å². The topological polar surface area (TPSA) is 64.6 Å². The Morgan fingerprint density at radius 3 is 2.27 bits per heavy atom. The summed E-state index contributed by atoms with van der Waals surface area (Å²) in [6, 6.07) is 32.3. The van der Waals surface area contributed by atoms with Crippen molar-refractivity contribution >= 4 is 55.3 Å². The lowest BCUT2D eigenvalue weighted by Crippen LogP contribution is -2.35. The predicted molar refractivity (Wildman–Crippen MR) is 171 cm³/mol. The van der Waals surface area contributed by atoms with E-state index in [1.165, 1.54) is 50.2 Å². The van der Waals surface area contributed by atoms with E-state index in [9.17, 15) is 9.59 Å². The number of thioether (sulfide) groups is 1. The van der Waals surface area contributed by atoms with Crippen molar-refractivity contribution < 1.29 is 19.1 Å². The van der Waals surface area contributed by atoms with E-state index in [2.05, 4.69) is 96.3 Å². The number of esters is 1. The summed E-state index contributed by atoms with van der Waals surface area (Å²) in [5, 5.41) is 4.96. The molecule has 210 valence electrons. The lowest BCUT2D eigenvalue weighted by atomic mass is 9.98. The van der Waals surface area contributed by atoms with Gasteiger partial charge in [-0.3, -0.25) is 4.79 Å². The zero-order valence-corrected chi connectivity index (χ0v) is 24.9. The first-order chi connectivity index (χ1) is 20.1. The zero-order valence-electron chi connectivity index (χ0n) is 23.2. The molecule has 4 aromatic carbocycles. The number of thiophene rings is 1. The number of rotatable bonds is 11. The quantitative estimate of drug-likeness (QED) is 0.0955. The van der Waals surface area contributed by atoms with Gasteiger partial charge in [0.15, 0.2) is 0 Å². The van der Waals surface area contributed by atoms with Crippen LogP contribution in [0.4, 0.5) is 4.79 Å². The largest absolute Gasteiger partial charge is 0.469 e. The molecule has 0 radical (unpaired) electrons. The summed E-state index contributed by atoms with van der Waals surface area (Å²) < 4.78 is 12.6. The first-order valence-electron chi connectivity index (χ1n) is 13.8. The van der Waals surface area contributed by atoms with Crippen LogP contribution in [0, 0.1) is 0 Å². The summed E-state index contributed by atoms with van der Waals surface area (Å²) in [6.07, 6.45) is 1.31. The molecular weight excluding hydrogens is 551 g/mol. The summed E-state index contributed by atoms with van der Waals surface area (Å²) in [5.41, 5.74) is 5.84. The van der Waals surface area contributed by atoms with E-state index in [0.717, 1.165) is 29.5 Å². The fraction of sp³-hybridized carbons (Fsp3) is 0.235. The molecule has 0 spiro atoms. The number of hydrogen-bond acceptors (Lipinski definition) is 6. The SMILES string of the molecule is CCCCOC(=O)NC(CC(=O)OC)SCc1ccc(-c2ccc(-c3cccc4c3sc3ccccc34)cc2)cc1. The van der Waals surface area contributed by atoms with Crippen LogP contribution in [0.1, 0.15) is 31.7 Å². The summed E-state index contributed by atoms with van der Waals surface area (Å²) in [7, 11) is 1.35. The van der Waals surface area contributed by atoms with E-state index in [0.29, 0.717) is 12.4 Å². The average Bonchev–Trinajstić information content (AvgIpc) is 3.39. The van der Waals surface area contributed by atoms with E-state index in [1.807, 2.05) is 18.3 Å². The highest BCUT2D eigenvalue weighted by Crippen LogP contribution is 2.40. The van der Waals surface area contributed by atoms with Crippen molar-refractivity contribution in [1.29, 1.82) is 0 Å². The number of carbonyl (C=O) groups excluding carboxylic acids is 2. The number of nitrogens with one attached hydrogen (secondary N) is 1. The minimum Gasteiger partial charge on any atom is -0.469 e. The minimum absolute atomic E-state index is 0.0731. The third kappa shape index (κ3) is 7.10. The van der Waals surface area contributed by atoms with Crippen molar-refractivity contribution in [3.63, 3.8) is 0 Å². The minimum atomic E-state index is -0.512. The molecule has 0 saturated heterocycles. The number of alkyl carbamates (subject to hydrolysis) is 1. The third-order valence-corrected chi connectivity index (χ3v) is 9.34. The first-order valence-corrected chi connectivity index (χ1v) is 15.6. The van der Waals surface area contributed by atoms with Crippen molar-refractivity contribution in [2.75, 3.05) is 13.7 Å². The van der Waals surface area contributed by atoms with Gasteiger partial charge in [0.25, 0.3) is 0 Å². The van der Waals surface area contributed by atoms with Gasteiger partial charge in [-0.25, -0.2) is 4.79 Å². The van der Waals surface area contributed by atoms with Crippen LogP contribution in [0.3, 0.4) is 0 Å². The molecule has 7 heteroatoms. The van der Waals surface area contributed by atoms with Crippen LogP contribution in [0.15, 0.2) is 91.0 Å². The summed E-state index contributed by atoms with van der Waals surface area (Å²) >= 11 is 3.32. The van der Waals surface area contributed by atoms with Crippen LogP contribution in [0.2, 0.25) is 0 Å². The number of amides is 1. The molecule has 0 aliphatic heterocycles. The van der Waals surface area contributed by atoms with Gasteiger partial charge in [-0.05, 0) is 40.3 Å². The molecule has 1 aromatic heterocycles. The second kappa shape index (κ2) is 13.7. The molecule has 0 saturated carbocycles. The Bertz CT molecular complexity index is 1630. The lowest BCUT2D eigenvalue weighted by Gasteiger charge is -2.17. The van der Waals surface area contributed by atoms with Crippen LogP contribution >= 0.6 is 23.1 Å². The molecule has 5 nitrogen and oxygen atoms in total. The van der Waals surface area contributed by atoms with Crippen molar-refractivity contribution in [2.24, 2.45) is 0 Å². The van der Waals surface area contributed by atoms with Gasteiger partial charge in [0, 0.05) is 25.9 Å². The van der Waals surface area contributed by atoms with Crippen molar-refractivity contribution in [2.45, 2.75) is 37.3 Å². The van der Waals surface area contributed by atoms with E-state index in [4.69, 9.17) is 9.47 Å². The van der Waals surface area contributed by atoms with Gasteiger partial charge < -0.3 is 14.8 Å². The number of unbranched alkanes of at least 4 members (excludes halogenated alkanes) is 1. The molecule has 1 heterocycles. The maximum Gasteiger partial charge on any atom is 0.408 e. The number of benzene rings is 4. The van der Waals surface area contributed by atoms with Gasteiger partial charge in [0.1, 0.15) is 0 Å². The van der Waals surface area contributed by atoms with Gasteiger partial charge in [-0.1, -0.05) is 98.3 Å². The molecule has 5 rings (SSSR count). The molecule has 1 N–H and O–H groups in total. The molecule has 0 aliphatic carbocycles. The number of methoxy groups -OCH3 is 1. The Hall–Kier alpha value is -3.81. The highest BCUT2D eigenvalue weighted by atomic mass is 32.2. The molecule has 1 unspecified atom stereocenters. The second-order valence-corrected chi connectivity index (χ2v) is 12.0. The Morgan fingerprint density at radius 1 is 0.854 bits per heavy atom. The van der Waals surface area contributed by atoms with Crippen molar-refractivity contribution in [3.8, 4) is 22.3 Å². The van der Waals surface area contributed by atoms with Gasteiger partial charge in [0.2, 0.25) is 0 Å². The molecule has 5 aromatic rings. The normalized spacial score (nSPS) is 11.9. The molecule has 0 fully saturated rings. The van der Waals surface area contributed by atoms with E-state index >= 15 is 0 Å². The standard InChI is InChI=1S/C34H33NO4S2/c1-3-4-20-39-34(37)35-31(21-32(36)38-2)40-22-23-12-14-24(15-13-23)25-16-18-26(19-17-25)27-9-7-10-29-28-8-5-6-11-30(28)41-33(27)29/h5-19,31H,3-4,20-22H2,1-2H3,(H,35,37). The molecule has 0 aliphatic rings. The van der Waals surface area contributed by atoms with Gasteiger partial charge in [0.05, 0.1) is 25.5 Å². The van der Waals surface area contributed by atoms with Gasteiger partial charge >= 0.3 is 12.1 Å². The number of carbonyl (C=O) groups is 2. The lowest BCUT2D eigenvalue weighted by molar-refractivity contribution is -0.140. The van der Waals surface area contributed by atoms with Crippen molar-refractivity contribution in [1.82, 2.24) is 5.32 Å². The second-order valence-electron chi connectivity index (χ2n) is 9.77. The molecule has 0 bridgehead atoms. The molecule has 1 atom stereocenters. The van der Waals surface area contributed by atoms with Crippen LogP contribution in [0.25, 0.3) is 42.4 Å². The summed E-state index contributed by atoms with van der Waals surface area (Å²) in [5.74, 6) is 0.258. The van der Waals surface area contributed by atoms with Gasteiger partial charge in [-0.15, -0.1) is 23.1 Å². The zero-order chi connectivity index (χ0) is 28.6. The Morgan fingerprint density at radius 2 is 1.54 bits per heavy atom. The van der Waals surface area contributed by atoms with Crippen molar-refractivity contribution in [3.05, 3.63) is 96.6 Å². The smallest absolute Gasteiger partial charge is 0.408 e. The monoisotopic (exact) mass is 583 g/mol. The van der Waals surface area contributed by atoms with E-state index < -0.39 is 11.5 Å². The Balaban J connectivity index is 1.25. The number of ether oxygens (including phenoxy) is 2. The predicted octanol–water partition coefficient (Wildman–Crippen LogP) is 9.04. The number of fused-ring (bicyclic) bond motifs is 3. The van der Waals surface area contributed by atoms with Crippen LogP contribution in [0.5, 0.6) is 0 Å². The fourth-order valence-corrected chi connectivity index (χ4v) is 6.93.